The van der Waals surface area contributed by atoms with Gasteiger partial charge in [-0.15, -0.1) is 0 Å². The second kappa shape index (κ2) is 5.39. The van der Waals surface area contributed by atoms with Crippen LogP contribution >= 0.6 is 10.7 Å². The average molecular weight is 318 g/mol. The molecule has 2 aromatic carbocycles. The summed E-state index contributed by atoms with van der Waals surface area (Å²) in [6.45, 7) is 0. The van der Waals surface area contributed by atoms with Crippen LogP contribution in [0, 0.1) is 0 Å². The first-order valence-corrected chi connectivity index (χ1v) is 8.64. The van der Waals surface area contributed by atoms with Crippen LogP contribution in [-0.4, -0.2) is 13.0 Å². The summed E-state index contributed by atoms with van der Waals surface area (Å²) in [4.78, 5) is 0.0995. The molecule has 0 saturated carbocycles. The van der Waals surface area contributed by atoms with Gasteiger partial charge in [-0.1, -0.05) is 30.3 Å². The number of aromatic nitrogens is 1. The van der Waals surface area contributed by atoms with E-state index in [9.17, 15) is 8.42 Å². The smallest absolute Gasteiger partial charge is 0.261 e. The number of hydrogen-bond acceptors (Lipinski definition) is 2. The van der Waals surface area contributed by atoms with Crippen molar-refractivity contribution >= 4 is 19.7 Å². The monoisotopic (exact) mass is 317 g/mol. The number of hydrogen-bond donors (Lipinski definition) is 0. The zero-order valence-corrected chi connectivity index (χ0v) is 12.6. The Labute approximate surface area is 127 Å². The highest BCUT2D eigenvalue weighted by Gasteiger charge is 2.12. The lowest BCUT2D eigenvalue weighted by atomic mass is 10.1. The van der Waals surface area contributed by atoms with Crippen LogP contribution in [0.2, 0.25) is 0 Å². The first-order valence-electron chi connectivity index (χ1n) is 6.33. The number of nitrogens with zero attached hydrogens (tertiary/aromatic N) is 1. The molecule has 106 valence electrons. The van der Waals surface area contributed by atoms with E-state index in [1.807, 2.05) is 59.3 Å². The maximum atomic E-state index is 11.5. The SMILES string of the molecule is O=S(=O)(Cl)c1cccc(-c2cccn2-c2ccccc2)c1. The van der Waals surface area contributed by atoms with E-state index in [1.165, 1.54) is 6.07 Å². The summed E-state index contributed by atoms with van der Waals surface area (Å²) in [5.41, 5.74) is 2.71. The molecule has 3 rings (SSSR count). The van der Waals surface area contributed by atoms with Crippen LogP contribution < -0.4 is 0 Å². The van der Waals surface area contributed by atoms with Crippen LogP contribution in [0.5, 0.6) is 0 Å². The Morgan fingerprint density at radius 1 is 0.857 bits per heavy atom. The van der Waals surface area contributed by atoms with Gasteiger partial charge < -0.3 is 4.57 Å². The van der Waals surface area contributed by atoms with Gasteiger partial charge in [0, 0.05) is 22.6 Å². The highest BCUT2D eigenvalue weighted by atomic mass is 35.7. The summed E-state index contributed by atoms with van der Waals surface area (Å²) in [5, 5.41) is 0. The van der Waals surface area contributed by atoms with Crippen LogP contribution in [0.1, 0.15) is 0 Å². The molecule has 0 unspecified atom stereocenters. The summed E-state index contributed by atoms with van der Waals surface area (Å²) in [6, 6.07) is 20.3. The van der Waals surface area contributed by atoms with Crippen molar-refractivity contribution in [3.8, 4) is 16.9 Å². The summed E-state index contributed by atoms with van der Waals surface area (Å²) >= 11 is 0. The molecule has 1 heterocycles. The standard InChI is InChI=1S/C16H12ClNO2S/c17-21(19,20)15-9-4-6-13(12-15)16-10-5-11-18(16)14-7-2-1-3-8-14/h1-12H. The minimum Gasteiger partial charge on any atom is -0.317 e. The van der Waals surface area contributed by atoms with Gasteiger partial charge in [-0.25, -0.2) is 8.42 Å². The Morgan fingerprint density at radius 3 is 2.33 bits per heavy atom. The van der Waals surface area contributed by atoms with Crippen LogP contribution in [0.15, 0.2) is 77.8 Å². The van der Waals surface area contributed by atoms with Crippen molar-refractivity contribution in [3.63, 3.8) is 0 Å². The fourth-order valence-electron chi connectivity index (χ4n) is 2.24. The van der Waals surface area contributed by atoms with Gasteiger partial charge in [-0.3, -0.25) is 0 Å². The molecular weight excluding hydrogens is 306 g/mol. The first kappa shape index (κ1) is 13.9. The van der Waals surface area contributed by atoms with E-state index in [4.69, 9.17) is 10.7 Å². The molecule has 0 bridgehead atoms. The van der Waals surface area contributed by atoms with E-state index >= 15 is 0 Å². The normalized spacial score (nSPS) is 11.5. The second-order valence-corrected chi connectivity index (χ2v) is 7.13. The predicted molar refractivity (Wildman–Crippen MR) is 84.2 cm³/mol. The third-order valence-electron chi connectivity index (χ3n) is 3.19. The lowest BCUT2D eigenvalue weighted by molar-refractivity contribution is 0.609. The van der Waals surface area contributed by atoms with Crippen molar-refractivity contribution in [2.75, 3.05) is 0 Å². The predicted octanol–water partition coefficient (Wildman–Crippen LogP) is 4.07. The van der Waals surface area contributed by atoms with Crippen LogP contribution in [0.25, 0.3) is 16.9 Å². The average Bonchev–Trinajstić information content (AvgIpc) is 2.97. The largest absolute Gasteiger partial charge is 0.317 e. The van der Waals surface area contributed by atoms with Crippen molar-refractivity contribution in [2.45, 2.75) is 4.90 Å². The van der Waals surface area contributed by atoms with Crippen molar-refractivity contribution in [3.05, 3.63) is 72.9 Å². The van der Waals surface area contributed by atoms with Gasteiger partial charge in [-0.05, 0) is 42.0 Å². The number of benzene rings is 2. The third-order valence-corrected chi connectivity index (χ3v) is 4.55. The summed E-state index contributed by atoms with van der Waals surface area (Å²) in [7, 11) is 1.68. The van der Waals surface area contributed by atoms with E-state index < -0.39 is 9.05 Å². The second-order valence-electron chi connectivity index (χ2n) is 4.56. The van der Waals surface area contributed by atoms with E-state index in [0.29, 0.717) is 0 Å². The van der Waals surface area contributed by atoms with E-state index in [2.05, 4.69) is 0 Å². The molecule has 1 aromatic heterocycles. The quantitative estimate of drug-likeness (QED) is 0.683. The fourth-order valence-corrected chi connectivity index (χ4v) is 3.03. The van der Waals surface area contributed by atoms with E-state index in [1.54, 1.807) is 12.1 Å². The molecule has 0 N–H and O–H groups in total. The zero-order chi connectivity index (χ0) is 14.9. The molecule has 0 aliphatic rings. The number of rotatable bonds is 3. The van der Waals surface area contributed by atoms with Gasteiger partial charge in [0.15, 0.2) is 0 Å². The summed E-state index contributed by atoms with van der Waals surface area (Å²) in [5.74, 6) is 0. The molecule has 0 fully saturated rings. The van der Waals surface area contributed by atoms with Crippen LogP contribution in [-0.2, 0) is 9.05 Å². The minimum absolute atomic E-state index is 0.0995. The van der Waals surface area contributed by atoms with Crippen molar-refractivity contribution in [1.29, 1.82) is 0 Å². The van der Waals surface area contributed by atoms with Crippen molar-refractivity contribution in [1.82, 2.24) is 4.57 Å². The van der Waals surface area contributed by atoms with E-state index in [0.717, 1.165) is 16.9 Å². The fraction of sp³-hybridized carbons (Fsp3) is 0. The topological polar surface area (TPSA) is 39.1 Å². The Kier molecular flexibility index (Phi) is 3.57. The molecule has 3 aromatic rings. The first-order chi connectivity index (χ1) is 10.1. The molecule has 21 heavy (non-hydrogen) atoms. The molecule has 0 aliphatic carbocycles. The van der Waals surface area contributed by atoms with E-state index in [-0.39, 0.29) is 4.90 Å². The molecule has 0 atom stereocenters. The minimum atomic E-state index is -3.73. The summed E-state index contributed by atoms with van der Waals surface area (Å²) in [6.07, 6.45) is 1.94. The molecule has 0 saturated heterocycles. The number of halogens is 1. The van der Waals surface area contributed by atoms with Crippen molar-refractivity contribution < 1.29 is 8.42 Å². The molecule has 0 aliphatic heterocycles. The Bertz CT molecular complexity index is 870. The lowest BCUT2D eigenvalue weighted by Crippen LogP contribution is -1.96. The van der Waals surface area contributed by atoms with Gasteiger partial charge in [-0.2, -0.15) is 0 Å². The highest BCUT2D eigenvalue weighted by Crippen LogP contribution is 2.26. The maximum absolute atomic E-state index is 11.5. The van der Waals surface area contributed by atoms with Gasteiger partial charge in [0.05, 0.1) is 10.6 Å². The molecule has 0 amide bonds. The Morgan fingerprint density at radius 2 is 1.62 bits per heavy atom. The number of para-hydroxylation sites is 1. The Balaban J connectivity index is 2.13. The maximum Gasteiger partial charge on any atom is 0.261 e. The van der Waals surface area contributed by atoms with Crippen LogP contribution in [0.4, 0.5) is 0 Å². The van der Waals surface area contributed by atoms with Gasteiger partial charge in [0.1, 0.15) is 0 Å². The Hall–Kier alpha value is -2.04. The van der Waals surface area contributed by atoms with Crippen LogP contribution in [0.3, 0.4) is 0 Å². The molecule has 5 heteroatoms. The third kappa shape index (κ3) is 2.86. The lowest BCUT2D eigenvalue weighted by Gasteiger charge is -2.10. The van der Waals surface area contributed by atoms with Crippen molar-refractivity contribution in [2.24, 2.45) is 0 Å². The van der Waals surface area contributed by atoms with Gasteiger partial charge >= 0.3 is 0 Å². The van der Waals surface area contributed by atoms with Gasteiger partial charge in [0.25, 0.3) is 9.05 Å². The molecule has 0 spiro atoms. The highest BCUT2D eigenvalue weighted by molar-refractivity contribution is 8.13. The molecule has 0 radical (unpaired) electrons. The molecule has 3 nitrogen and oxygen atoms in total. The molecular formula is C16H12ClNO2S. The van der Waals surface area contributed by atoms with Gasteiger partial charge in [0.2, 0.25) is 0 Å². The zero-order valence-electron chi connectivity index (χ0n) is 11.0. The summed E-state index contributed by atoms with van der Waals surface area (Å²) < 4.78 is 24.9.